The highest BCUT2D eigenvalue weighted by molar-refractivity contribution is 6.01. The molecule has 0 amide bonds. The van der Waals surface area contributed by atoms with Crippen molar-refractivity contribution in [3.05, 3.63) is 59.2 Å². The van der Waals surface area contributed by atoms with Crippen LogP contribution < -0.4 is 5.32 Å². The van der Waals surface area contributed by atoms with Gasteiger partial charge in [-0.3, -0.25) is 24.0 Å². The van der Waals surface area contributed by atoms with Gasteiger partial charge < -0.3 is 45.5 Å². The Hall–Kier alpha value is -4.48. The number of hydrogen-bond acceptors (Lipinski definition) is 14. The van der Waals surface area contributed by atoms with Gasteiger partial charge in [-0.05, 0) is 160 Å². The second kappa shape index (κ2) is 21.6. The number of unbranched alkanes of at least 4 members (excludes halogenated alkanes) is 1. The lowest BCUT2D eigenvalue weighted by atomic mass is 9.45. The molecule has 14 nitrogen and oxygen atoms in total. The van der Waals surface area contributed by atoms with E-state index in [0.29, 0.717) is 44.2 Å². The molecule has 17 atom stereocenters. The molecule has 8 aliphatic rings. The molecule has 0 bridgehead atoms. The van der Waals surface area contributed by atoms with Crippen LogP contribution >= 0.6 is 0 Å². The fraction of sp³-hybridized carbons (Fsp3) is 0.684. The number of rotatable bonds is 12. The third-order valence-electron chi connectivity index (χ3n) is 19.5. The van der Waals surface area contributed by atoms with E-state index in [1.165, 1.54) is 30.4 Å². The molecule has 0 radical (unpaired) electrons. The van der Waals surface area contributed by atoms with Gasteiger partial charge in [-0.15, -0.1) is 0 Å². The number of ether oxygens (including phenoxy) is 1. The quantitative estimate of drug-likeness (QED) is 0.0658. The fourth-order valence-corrected chi connectivity index (χ4v) is 16.1. The number of nitrogens with one attached hydrogen (secondary N) is 1. The number of esters is 1. The Labute approximate surface area is 427 Å². The van der Waals surface area contributed by atoms with Crippen LogP contribution in [-0.4, -0.2) is 117 Å². The zero-order valence-electron chi connectivity index (χ0n) is 43.2. The van der Waals surface area contributed by atoms with Gasteiger partial charge in [0.05, 0.1) is 18.3 Å². The number of alkyl halides is 2. The predicted molar refractivity (Wildman–Crippen MR) is 265 cm³/mol. The number of aliphatic hydroxyl groups is 4. The number of phenolic OH excluding ortho intramolecular Hbond substituents is 2. The maximum absolute atomic E-state index is 17.1. The number of phenols is 2. The lowest BCUT2D eigenvalue weighted by Crippen LogP contribution is -2.68. The maximum Gasteiger partial charge on any atom is 0.306 e. The van der Waals surface area contributed by atoms with E-state index in [9.17, 15) is 49.2 Å². The molecular weight excluding hydrogens is 945 g/mol. The van der Waals surface area contributed by atoms with Gasteiger partial charge in [-0.1, -0.05) is 51.8 Å². The Morgan fingerprint density at radius 3 is 2.34 bits per heavy atom. The normalized spacial score (nSPS) is 40.2. The van der Waals surface area contributed by atoms with Crippen molar-refractivity contribution < 1.29 is 72.9 Å². The van der Waals surface area contributed by atoms with E-state index >= 15 is 8.78 Å². The highest BCUT2D eigenvalue weighted by atomic mass is 19.1. The SMILES string of the molecule is CCCCC(=O)OCC(=O)[C@H]1[C@H](C)C[C@H]2[C@@H]3C[C@H](F)C4=CC(=O)C=C[C@]4(C)[C@@]3(F)[C@@H](O)C[C@@]21C.CNC[C@H](O)c1ccc(O)c(O)c1.C[C@]12CCC(=O)C=C1CC[C@@H]1[C@@H]2[C@@H](O)C[C@]2(C=O)[C@@H](C(=O)CO)CC[C@@H]12. The first kappa shape index (κ1) is 56.3. The molecule has 6 fully saturated rings. The first-order valence-corrected chi connectivity index (χ1v) is 26.4. The molecule has 1 aromatic carbocycles. The van der Waals surface area contributed by atoms with E-state index in [2.05, 4.69) is 12.2 Å². The fourth-order valence-electron chi connectivity index (χ4n) is 16.1. The topological polar surface area (TPSA) is 245 Å². The summed E-state index contributed by atoms with van der Waals surface area (Å²) in [6, 6.07) is 4.26. The van der Waals surface area contributed by atoms with Crippen LogP contribution in [0.25, 0.3) is 0 Å². The summed E-state index contributed by atoms with van der Waals surface area (Å²) in [4.78, 5) is 73.5. The number of fused-ring (bicyclic) bond motifs is 10. The minimum atomic E-state index is -2.15. The van der Waals surface area contributed by atoms with Gasteiger partial charge in [0, 0.05) is 48.0 Å². The molecule has 16 heteroatoms. The number of benzene rings is 1. The number of halogens is 2. The van der Waals surface area contributed by atoms with Crippen molar-refractivity contribution in [3.63, 3.8) is 0 Å². The number of likely N-dealkylation sites (N-methyl/N-ethyl adjacent to an activating group) is 1. The van der Waals surface area contributed by atoms with E-state index < -0.39 is 76.7 Å². The summed E-state index contributed by atoms with van der Waals surface area (Å²) in [5.41, 5.74) is -3.50. The highest BCUT2D eigenvalue weighted by Gasteiger charge is 2.73. The van der Waals surface area contributed by atoms with E-state index in [1.807, 2.05) is 20.8 Å². The molecule has 0 heterocycles. The van der Waals surface area contributed by atoms with Crippen molar-refractivity contribution in [3.8, 4) is 11.5 Å². The van der Waals surface area contributed by atoms with Crippen molar-refractivity contribution in [1.29, 1.82) is 0 Å². The predicted octanol–water partition coefficient (Wildman–Crippen LogP) is 6.67. The zero-order chi connectivity index (χ0) is 53.6. The number of aliphatic hydroxyl groups excluding tert-OH is 4. The molecule has 0 saturated heterocycles. The van der Waals surface area contributed by atoms with Crippen LogP contribution in [0.15, 0.2) is 53.6 Å². The van der Waals surface area contributed by atoms with Crippen LogP contribution in [-0.2, 0) is 33.5 Å². The summed E-state index contributed by atoms with van der Waals surface area (Å²) in [6.07, 6.45) is 9.28. The van der Waals surface area contributed by atoms with Crippen LogP contribution in [0.1, 0.15) is 130 Å². The summed E-state index contributed by atoms with van der Waals surface area (Å²) in [5.74, 6) is -3.38. The maximum atomic E-state index is 17.1. The van der Waals surface area contributed by atoms with Crippen LogP contribution in [0.3, 0.4) is 0 Å². The third-order valence-corrected chi connectivity index (χ3v) is 19.5. The molecule has 402 valence electrons. The first-order chi connectivity index (χ1) is 34.4. The summed E-state index contributed by atoms with van der Waals surface area (Å²) in [6.45, 7) is 9.07. The molecule has 8 aliphatic carbocycles. The highest BCUT2D eigenvalue weighted by Crippen LogP contribution is 2.70. The molecule has 0 aliphatic heterocycles. The van der Waals surface area contributed by atoms with Crippen molar-refractivity contribution in [2.24, 2.45) is 69.0 Å². The Bertz CT molecular complexity index is 2400. The van der Waals surface area contributed by atoms with E-state index in [0.717, 1.165) is 44.0 Å². The number of ketones is 4. The van der Waals surface area contributed by atoms with Crippen LogP contribution in [0.2, 0.25) is 0 Å². The summed E-state index contributed by atoms with van der Waals surface area (Å²) < 4.78 is 37.7. The molecule has 9 rings (SSSR count). The molecule has 1 aromatic rings. The van der Waals surface area contributed by atoms with Crippen LogP contribution in [0.4, 0.5) is 8.78 Å². The molecule has 0 spiro atoms. The Morgan fingerprint density at radius 2 is 1.68 bits per heavy atom. The van der Waals surface area contributed by atoms with Crippen LogP contribution in [0, 0.1) is 69.0 Å². The molecular formula is C57H77F2NO13. The van der Waals surface area contributed by atoms with E-state index in [4.69, 9.17) is 14.9 Å². The van der Waals surface area contributed by atoms with Gasteiger partial charge in [0.2, 0.25) is 0 Å². The molecule has 6 saturated carbocycles. The van der Waals surface area contributed by atoms with Gasteiger partial charge in [0.25, 0.3) is 0 Å². The largest absolute Gasteiger partial charge is 0.504 e. The Kier molecular flexibility index (Phi) is 16.7. The summed E-state index contributed by atoms with van der Waals surface area (Å²) >= 11 is 0. The van der Waals surface area contributed by atoms with E-state index in [-0.39, 0.29) is 101 Å². The minimum absolute atomic E-state index is 0.0386. The molecule has 0 unspecified atom stereocenters. The summed E-state index contributed by atoms with van der Waals surface area (Å²) in [5, 5.41) is 62.2. The van der Waals surface area contributed by atoms with Crippen molar-refractivity contribution >= 4 is 35.4 Å². The summed E-state index contributed by atoms with van der Waals surface area (Å²) in [7, 11) is 1.73. The zero-order valence-corrected chi connectivity index (χ0v) is 43.2. The average molecular weight is 1020 g/mol. The lowest BCUT2D eigenvalue weighted by Gasteiger charge is -2.62. The molecule has 73 heavy (non-hydrogen) atoms. The van der Waals surface area contributed by atoms with Crippen molar-refractivity contribution in [1.82, 2.24) is 5.32 Å². The Balaban J connectivity index is 0.000000176. The monoisotopic (exact) mass is 1020 g/mol. The average Bonchev–Trinajstić information content (AvgIpc) is 3.86. The second-order valence-corrected chi connectivity index (χ2v) is 23.3. The van der Waals surface area contributed by atoms with Gasteiger partial charge in [-0.2, -0.15) is 0 Å². The number of carbonyl (C=O) groups is 6. The van der Waals surface area contributed by atoms with Gasteiger partial charge in [-0.25, -0.2) is 8.78 Å². The molecule has 0 aromatic heterocycles. The first-order valence-electron chi connectivity index (χ1n) is 26.4. The van der Waals surface area contributed by atoms with Gasteiger partial charge in [0.1, 0.15) is 25.7 Å². The number of carbonyl (C=O) groups excluding carboxylic acids is 6. The van der Waals surface area contributed by atoms with Gasteiger partial charge >= 0.3 is 5.97 Å². The number of hydrogen-bond donors (Lipinski definition) is 7. The number of Topliss-reactive ketones (excluding diaryl/α,β-unsaturated/α-hetero) is 2. The standard InChI is InChI=1S/C27H36F2O5.C21H28O5.C9H13NO3/c1-5-6-7-23(33)34-14-21(31)24-15(2)10-17-18-12-20(28)19-11-16(30)8-9-26(19,4)27(18,29)22(32)13-25(17,24)3;1-20-7-6-13(24)8-12(20)2-3-14-15-4-5-16(18(26)10-22)21(15,11-23)9-17(25)19(14)20;1-10-5-9(13)6-2-3-7(11)8(12)4-6/h8-9,11,15,17-18,20,22,24,32H,5-7,10,12-14H2,1-4H3;8,11,14-17,19,22,25H,2-7,9-10H2,1H3;2-4,9-13H,5H2,1H3/t15-,17+,18+,20+,22+,24-,25+,26+,27+;14-,15-,16+,17-,19+,20-,21+;9-/m100/s1. The van der Waals surface area contributed by atoms with Crippen LogP contribution in [0.5, 0.6) is 11.5 Å². The smallest absolute Gasteiger partial charge is 0.306 e. The second-order valence-electron chi connectivity index (χ2n) is 23.3. The minimum Gasteiger partial charge on any atom is -0.504 e. The van der Waals surface area contributed by atoms with Crippen molar-refractivity contribution in [2.45, 2.75) is 148 Å². The van der Waals surface area contributed by atoms with Gasteiger partial charge in [0.15, 0.2) is 40.3 Å². The number of aldehydes is 1. The number of aromatic hydroxyl groups is 2. The van der Waals surface area contributed by atoms with Crippen molar-refractivity contribution in [2.75, 3.05) is 26.8 Å². The lowest BCUT2D eigenvalue weighted by molar-refractivity contribution is -0.202. The molecule has 7 N–H and O–H groups in total. The third kappa shape index (κ3) is 9.74. The Morgan fingerprint density at radius 1 is 0.959 bits per heavy atom. The van der Waals surface area contributed by atoms with E-state index in [1.54, 1.807) is 26.1 Å². The number of allylic oxidation sites excluding steroid dienone is 5.